The minimum Gasteiger partial charge on any atom is -0.0937 e. The van der Waals surface area contributed by atoms with Gasteiger partial charge in [-0.25, -0.2) is 0 Å². The van der Waals surface area contributed by atoms with E-state index in [0.29, 0.717) is 0 Å². The molecule has 0 spiro atoms. The quantitative estimate of drug-likeness (QED) is 0.671. The molecule has 2 aromatic rings. The van der Waals surface area contributed by atoms with E-state index in [1.807, 2.05) is 30.3 Å². The van der Waals surface area contributed by atoms with Gasteiger partial charge in [0.1, 0.15) is 0 Å². The van der Waals surface area contributed by atoms with Crippen LogP contribution in [0.2, 0.25) is 0 Å². The summed E-state index contributed by atoms with van der Waals surface area (Å²) in [5.74, 6) is 6.30. The molecule has 0 nitrogen and oxygen atoms in total. The van der Waals surface area contributed by atoms with Crippen LogP contribution in [0.15, 0.2) is 60.7 Å². The molecular formula is C18H16. The number of rotatable bonds is 2. The van der Waals surface area contributed by atoms with E-state index in [2.05, 4.69) is 55.2 Å². The van der Waals surface area contributed by atoms with E-state index in [1.54, 1.807) is 0 Å². The third kappa shape index (κ3) is 3.64. The number of hydrogen-bond donors (Lipinski definition) is 0. The molecule has 0 N–H and O–H groups in total. The van der Waals surface area contributed by atoms with Gasteiger partial charge in [0.2, 0.25) is 0 Å². The maximum atomic E-state index is 3.15. The monoisotopic (exact) mass is 232 g/mol. The maximum absolute atomic E-state index is 3.15. The summed E-state index contributed by atoms with van der Waals surface area (Å²) in [5, 5.41) is 0. The molecule has 0 aliphatic rings. The van der Waals surface area contributed by atoms with E-state index in [-0.39, 0.29) is 0 Å². The fourth-order valence-electron chi connectivity index (χ4n) is 1.69. The molecule has 2 rings (SSSR count). The van der Waals surface area contributed by atoms with Crippen molar-refractivity contribution in [1.82, 2.24) is 0 Å². The molecule has 0 fully saturated rings. The second-order valence-corrected chi connectivity index (χ2v) is 4.13. The SMILES string of the molecule is Cc1ccccc1/C=C/CC#Cc1ccccc1. The average molecular weight is 232 g/mol. The lowest BCUT2D eigenvalue weighted by Gasteiger charge is -1.96. The lowest BCUT2D eigenvalue weighted by atomic mass is 10.1. The number of benzene rings is 2. The van der Waals surface area contributed by atoms with Gasteiger partial charge in [0.05, 0.1) is 0 Å². The molecule has 0 unspecified atom stereocenters. The first-order valence-corrected chi connectivity index (χ1v) is 6.12. The second-order valence-electron chi connectivity index (χ2n) is 4.13. The molecule has 0 aromatic heterocycles. The Bertz CT molecular complexity index is 580. The highest BCUT2D eigenvalue weighted by Crippen LogP contribution is 2.08. The van der Waals surface area contributed by atoms with E-state index < -0.39 is 0 Å². The molecule has 0 amide bonds. The van der Waals surface area contributed by atoms with Crippen molar-refractivity contribution in [2.75, 3.05) is 0 Å². The van der Waals surface area contributed by atoms with Gasteiger partial charge in [-0.15, -0.1) is 0 Å². The van der Waals surface area contributed by atoms with Gasteiger partial charge in [0, 0.05) is 12.0 Å². The molecule has 88 valence electrons. The summed E-state index contributed by atoms with van der Waals surface area (Å²) in [6, 6.07) is 18.4. The predicted molar refractivity (Wildman–Crippen MR) is 78.2 cm³/mol. The Morgan fingerprint density at radius 2 is 1.67 bits per heavy atom. The number of aryl methyl sites for hydroxylation is 1. The first kappa shape index (κ1) is 12.2. The van der Waals surface area contributed by atoms with Crippen LogP contribution in [0.4, 0.5) is 0 Å². The summed E-state index contributed by atoms with van der Waals surface area (Å²) < 4.78 is 0. The fraction of sp³-hybridized carbons (Fsp3) is 0.111. The van der Waals surface area contributed by atoms with E-state index in [4.69, 9.17) is 0 Å². The highest BCUT2D eigenvalue weighted by molar-refractivity contribution is 5.53. The Kier molecular flexibility index (Phi) is 4.39. The first-order valence-electron chi connectivity index (χ1n) is 6.12. The smallest absolute Gasteiger partial charge is 0.0276 e. The third-order valence-corrected chi connectivity index (χ3v) is 2.71. The molecule has 0 saturated carbocycles. The Morgan fingerprint density at radius 3 is 2.44 bits per heavy atom. The highest BCUT2D eigenvalue weighted by Gasteiger charge is 1.89. The van der Waals surface area contributed by atoms with Gasteiger partial charge >= 0.3 is 0 Å². The van der Waals surface area contributed by atoms with Gasteiger partial charge in [-0.05, 0) is 30.2 Å². The zero-order chi connectivity index (χ0) is 12.6. The average Bonchev–Trinajstić information content (AvgIpc) is 2.42. The van der Waals surface area contributed by atoms with Crippen LogP contribution in [0.25, 0.3) is 6.08 Å². The summed E-state index contributed by atoms with van der Waals surface area (Å²) in [6.07, 6.45) is 5.02. The van der Waals surface area contributed by atoms with Crippen LogP contribution >= 0.6 is 0 Å². The van der Waals surface area contributed by atoms with Crippen LogP contribution in [0, 0.1) is 18.8 Å². The molecule has 0 atom stereocenters. The standard InChI is InChI=1S/C18H16/c1-16-10-8-9-15-18(16)14-7-3-6-13-17-11-4-2-5-12-17/h2,4-5,7-12,14-15H,3H2,1H3/b14-7+. The van der Waals surface area contributed by atoms with Crippen LogP contribution in [0.5, 0.6) is 0 Å². The second kappa shape index (κ2) is 6.47. The lowest BCUT2D eigenvalue weighted by Crippen LogP contribution is -1.77. The van der Waals surface area contributed by atoms with Crippen molar-refractivity contribution in [3.05, 3.63) is 77.4 Å². The summed E-state index contributed by atoms with van der Waals surface area (Å²) in [7, 11) is 0. The lowest BCUT2D eigenvalue weighted by molar-refractivity contribution is 1.42. The largest absolute Gasteiger partial charge is 0.0937 e. The topological polar surface area (TPSA) is 0 Å². The first-order chi connectivity index (χ1) is 8.86. The molecular weight excluding hydrogens is 216 g/mol. The van der Waals surface area contributed by atoms with Gasteiger partial charge in [-0.1, -0.05) is 66.5 Å². The van der Waals surface area contributed by atoms with Gasteiger partial charge < -0.3 is 0 Å². The molecule has 0 aliphatic carbocycles. The molecule has 0 radical (unpaired) electrons. The Labute approximate surface area is 109 Å². The Morgan fingerprint density at radius 1 is 0.944 bits per heavy atom. The van der Waals surface area contributed by atoms with Crippen molar-refractivity contribution in [3.63, 3.8) is 0 Å². The molecule has 2 aromatic carbocycles. The van der Waals surface area contributed by atoms with Crippen LogP contribution in [-0.2, 0) is 0 Å². The molecule has 0 bridgehead atoms. The summed E-state index contributed by atoms with van der Waals surface area (Å²) >= 11 is 0. The van der Waals surface area contributed by atoms with Gasteiger partial charge in [-0.3, -0.25) is 0 Å². The van der Waals surface area contributed by atoms with E-state index in [0.717, 1.165) is 12.0 Å². The third-order valence-electron chi connectivity index (χ3n) is 2.71. The predicted octanol–water partition coefficient (Wildman–Crippen LogP) is 4.45. The highest BCUT2D eigenvalue weighted by atomic mass is 13.9. The molecule has 18 heavy (non-hydrogen) atoms. The van der Waals surface area contributed by atoms with Crippen molar-refractivity contribution < 1.29 is 0 Å². The van der Waals surface area contributed by atoms with Crippen molar-refractivity contribution in [2.45, 2.75) is 13.3 Å². The van der Waals surface area contributed by atoms with Gasteiger partial charge in [0.15, 0.2) is 0 Å². The minimum atomic E-state index is 0.781. The number of hydrogen-bond acceptors (Lipinski definition) is 0. The summed E-state index contributed by atoms with van der Waals surface area (Å²) in [5.41, 5.74) is 3.63. The van der Waals surface area contributed by atoms with Crippen molar-refractivity contribution in [3.8, 4) is 11.8 Å². The Hall–Kier alpha value is -2.26. The molecule has 0 heteroatoms. The molecule has 0 saturated heterocycles. The van der Waals surface area contributed by atoms with Crippen LogP contribution < -0.4 is 0 Å². The van der Waals surface area contributed by atoms with Gasteiger partial charge in [-0.2, -0.15) is 0 Å². The fourth-order valence-corrected chi connectivity index (χ4v) is 1.69. The van der Waals surface area contributed by atoms with Crippen LogP contribution in [0.1, 0.15) is 23.1 Å². The minimum absolute atomic E-state index is 0.781. The zero-order valence-electron chi connectivity index (χ0n) is 10.6. The zero-order valence-corrected chi connectivity index (χ0v) is 10.6. The van der Waals surface area contributed by atoms with Crippen LogP contribution in [-0.4, -0.2) is 0 Å². The van der Waals surface area contributed by atoms with E-state index in [1.165, 1.54) is 11.1 Å². The number of allylic oxidation sites excluding steroid dienone is 1. The van der Waals surface area contributed by atoms with Crippen molar-refractivity contribution in [1.29, 1.82) is 0 Å². The molecule has 0 aliphatic heterocycles. The van der Waals surface area contributed by atoms with Gasteiger partial charge in [0.25, 0.3) is 0 Å². The summed E-state index contributed by atoms with van der Waals surface area (Å²) in [4.78, 5) is 0. The van der Waals surface area contributed by atoms with Crippen LogP contribution in [0.3, 0.4) is 0 Å². The van der Waals surface area contributed by atoms with Crippen molar-refractivity contribution >= 4 is 6.08 Å². The van der Waals surface area contributed by atoms with E-state index >= 15 is 0 Å². The van der Waals surface area contributed by atoms with Crippen molar-refractivity contribution in [2.24, 2.45) is 0 Å². The Balaban J connectivity index is 1.94. The maximum Gasteiger partial charge on any atom is 0.0276 e. The molecule has 0 heterocycles. The summed E-state index contributed by atoms with van der Waals surface area (Å²) in [6.45, 7) is 2.12. The van der Waals surface area contributed by atoms with E-state index in [9.17, 15) is 0 Å². The normalized spacial score (nSPS) is 10.1.